The maximum Gasteiger partial charge on any atom is 0.237 e. The molecule has 1 aromatic rings. The van der Waals surface area contributed by atoms with E-state index in [0.29, 0.717) is 12.5 Å². The summed E-state index contributed by atoms with van der Waals surface area (Å²) in [5, 5.41) is 6.25. The van der Waals surface area contributed by atoms with Crippen LogP contribution in [0.4, 0.5) is 0 Å². The second-order valence-corrected chi connectivity index (χ2v) is 5.21. The van der Waals surface area contributed by atoms with E-state index in [1.165, 1.54) is 11.1 Å². The number of hydrogen-bond donors (Lipinski definition) is 2. The van der Waals surface area contributed by atoms with Gasteiger partial charge in [-0.05, 0) is 37.8 Å². The molecule has 2 unspecified atom stereocenters. The summed E-state index contributed by atoms with van der Waals surface area (Å²) in [6.45, 7) is 5.90. The molecule has 0 spiro atoms. The lowest BCUT2D eigenvalue weighted by Gasteiger charge is -2.16. The second-order valence-electron chi connectivity index (χ2n) is 5.21. The van der Waals surface area contributed by atoms with E-state index >= 15 is 0 Å². The van der Waals surface area contributed by atoms with E-state index in [2.05, 4.69) is 48.7 Å². The quantitative estimate of drug-likeness (QED) is 0.890. The van der Waals surface area contributed by atoms with Crippen molar-refractivity contribution in [2.24, 2.45) is 0 Å². The maximum absolute atomic E-state index is 11.9. The number of rotatable bonds is 4. The van der Waals surface area contributed by atoms with Crippen LogP contribution in [0, 0.1) is 6.92 Å². The molecule has 1 amide bonds. The molecule has 1 saturated heterocycles. The standard InChI is InChI=1S/C15H22N2O.ClH/c1-11-5-7-13(8-6-11)12(2)10-17-15(18)14-4-3-9-16-14;/h5-8,12,14,16H,3-4,9-10H2,1-2H3,(H,17,18);1H. The molecule has 0 aliphatic carbocycles. The second kappa shape index (κ2) is 7.51. The van der Waals surface area contributed by atoms with Gasteiger partial charge in [0.1, 0.15) is 0 Å². The Balaban J connectivity index is 0.00000180. The molecule has 2 rings (SSSR count). The third-order valence-corrected chi connectivity index (χ3v) is 3.61. The Hall–Kier alpha value is -1.06. The molecule has 0 radical (unpaired) electrons. The van der Waals surface area contributed by atoms with Gasteiger partial charge in [-0.25, -0.2) is 0 Å². The van der Waals surface area contributed by atoms with E-state index < -0.39 is 0 Å². The minimum Gasteiger partial charge on any atom is -0.354 e. The van der Waals surface area contributed by atoms with E-state index in [9.17, 15) is 4.79 Å². The molecule has 1 aliphatic rings. The Labute approximate surface area is 121 Å². The van der Waals surface area contributed by atoms with Crippen LogP contribution in [-0.4, -0.2) is 25.0 Å². The van der Waals surface area contributed by atoms with Gasteiger partial charge in [0.2, 0.25) is 5.91 Å². The summed E-state index contributed by atoms with van der Waals surface area (Å²) in [6, 6.07) is 8.54. The predicted octanol–water partition coefficient (Wildman–Crippen LogP) is 2.39. The van der Waals surface area contributed by atoms with Crippen molar-refractivity contribution in [2.75, 3.05) is 13.1 Å². The molecule has 1 fully saturated rings. The van der Waals surface area contributed by atoms with Crippen LogP contribution < -0.4 is 10.6 Å². The highest BCUT2D eigenvalue weighted by atomic mass is 35.5. The van der Waals surface area contributed by atoms with Crippen molar-refractivity contribution in [1.82, 2.24) is 10.6 Å². The fourth-order valence-corrected chi connectivity index (χ4v) is 2.30. The Morgan fingerprint density at radius 2 is 2.11 bits per heavy atom. The lowest BCUT2D eigenvalue weighted by atomic mass is 10.00. The number of nitrogens with one attached hydrogen (secondary N) is 2. The van der Waals surface area contributed by atoms with Crippen LogP contribution in [0.15, 0.2) is 24.3 Å². The summed E-state index contributed by atoms with van der Waals surface area (Å²) in [7, 11) is 0. The van der Waals surface area contributed by atoms with Crippen LogP contribution >= 0.6 is 12.4 Å². The van der Waals surface area contributed by atoms with Gasteiger partial charge in [-0.15, -0.1) is 12.4 Å². The number of carbonyl (C=O) groups is 1. The summed E-state index contributed by atoms with van der Waals surface area (Å²) >= 11 is 0. The van der Waals surface area contributed by atoms with Gasteiger partial charge in [0, 0.05) is 6.54 Å². The monoisotopic (exact) mass is 282 g/mol. The normalized spacial score (nSPS) is 19.6. The van der Waals surface area contributed by atoms with E-state index in [1.54, 1.807) is 0 Å². The van der Waals surface area contributed by atoms with E-state index in [0.717, 1.165) is 19.4 Å². The largest absolute Gasteiger partial charge is 0.354 e. The number of aryl methyl sites for hydroxylation is 1. The smallest absolute Gasteiger partial charge is 0.237 e. The Morgan fingerprint density at radius 1 is 1.42 bits per heavy atom. The number of benzene rings is 1. The molecule has 2 N–H and O–H groups in total. The first-order valence-electron chi connectivity index (χ1n) is 6.74. The highest BCUT2D eigenvalue weighted by molar-refractivity contribution is 5.85. The molecular formula is C15H23ClN2O. The van der Waals surface area contributed by atoms with E-state index in [-0.39, 0.29) is 24.4 Å². The van der Waals surface area contributed by atoms with Gasteiger partial charge < -0.3 is 10.6 Å². The van der Waals surface area contributed by atoms with Crippen molar-refractivity contribution in [1.29, 1.82) is 0 Å². The van der Waals surface area contributed by atoms with Crippen molar-refractivity contribution < 1.29 is 4.79 Å². The Bertz CT molecular complexity index is 399. The van der Waals surface area contributed by atoms with Crippen LogP contribution in [0.2, 0.25) is 0 Å². The number of halogens is 1. The minimum atomic E-state index is 0. The molecular weight excluding hydrogens is 260 g/mol. The number of amides is 1. The molecule has 4 heteroatoms. The van der Waals surface area contributed by atoms with Gasteiger partial charge in [0.15, 0.2) is 0 Å². The first-order chi connectivity index (χ1) is 8.66. The van der Waals surface area contributed by atoms with Gasteiger partial charge in [-0.1, -0.05) is 36.8 Å². The van der Waals surface area contributed by atoms with Crippen LogP contribution in [0.25, 0.3) is 0 Å². The molecule has 19 heavy (non-hydrogen) atoms. The third kappa shape index (κ3) is 4.51. The Morgan fingerprint density at radius 3 is 2.68 bits per heavy atom. The highest BCUT2D eigenvalue weighted by Gasteiger charge is 2.21. The predicted molar refractivity (Wildman–Crippen MR) is 80.9 cm³/mol. The molecule has 3 nitrogen and oxygen atoms in total. The average Bonchev–Trinajstić information content (AvgIpc) is 2.90. The zero-order valence-corrected chi connectivity index (χ0v) is 12.4. The van der Waals surface area contributed by atoms with Crippen molar-refractivity contribution in [3.05, 3.63) is 35.4 Å². The van der Waals surface area contributed by atoms with Gasteiger partial charge in [0.25, 0.3) is 0 Å². The zero-order chi connectivity index (χ0) is 13.0. The fraction of sp³-hybridized carbons (Fsp3) is 0.533. The lowest BCUT2D eigenvalue weighted by molar-refractivity contribution is -0.122. The molecule has 0 bridgehead atoms. The number of hydrogen-bond acceptors (Lipinski definition) is 2. The summed E-state index contributed by atoms with van der Waals surface area (Å²) < 4.78 is 0. The fourth-order valence-electron chi connectivity index (χ4n) is 2.30. The van der Waals surface area contributed by atoms with Crippen molar-refractivity contribution >= 4 is 18.3 Å². The lowest BCUT2D eigenvalue weighted by Crippen LogP contribution is -2.41. The summed E-state index contributed by atoms with van der Waals surface area (Å²) in [4.78, 5) is 11.9. The molecule has 1 heterocycles. The maximum atomic E-state index is 11.9. The first-order valence-corrected chi connectivity index (χ1v) is 6.74. The van der Waals surface area contributed by atoms with Crippen LogP contribution in [0.1, 0.15) is 36.8 Å². The molecule has 106 valence electrons. The molecule has 1 aromatic carbocycles. The minimum absolute atomic E-state index is 0. The van der Waals surface area contributed by atoms with E-state index in [4.69, 9.17) is 0 Å². The summed E-state index contributed by atoms with van der Waals surface area (Å²) in [6.07, 6.45) is 2.07. The molecule has 0 aromatic heterocycles. The van der Waals surface area contributed by atoms with Crippen LogP contribution in [0.5, 0.6) is 0 Å². The highest BCUT2D eigenvalue weighted by Crippen LogP contribution is 2.15. The van der Waals surface area contributed by atoms with Gasteiger partial charge in [-0.3, -0.25) is 4.79 Å². The molecule has 0 saturated carbocycles. The first kappa shape index (κ1) is 16.0. The topological polar surface area (TPSA) is 41.1 Å². The summed E-state index contributed by atoms with van der Waals surface area (Å²) in [5.41, 5.74) is 2.55. The zero-order valence-electron chi connectivity index (χ0n) is 11.6. The Kier molecular flexibility index (Phi) is 6.32. The van der Waals surface area contributed by atoms with Crippen molar-refractivity contribution in [2.45, 2.75) is 38.6 Å². The van der Waals surface area contributed by atoms with Crippen molar-refractivity contribution in [3.8, 4) is 0 Å². The summed E-state index contributed by atoms with van der Waals surface area (Å²) in [5.74, 6) is 0.502. The van der Waals surface area contributed by atoms with Crippen LogP contribution in [-0.2, 0) is 4.79 Å². The van der Waals surface area contributed by atoms with Crippen molar-refractivity contribution in [3.63, 3.8) is 0 Å². The molecule has 1 aliphatic heterocycles. The third-order valence-electron chi connectivity index (χ3n) is 3.61. The molecule has 2 atom stereocenters. The van der Waals surface area contributed by atoms with Gasteiger partial charge in [0.05, 0.1) is 6.04 Å². The number of carbonyl (C=O) groups excluding carboxylic acids is 1. The van der Waals surface area contributed by atoms with E-state index in [1.807, 2.05) is 0 Å². The van der Waals surface area contributed by atoms with Gasteiger partial charge in [-0.2, -0.15) is 0 Å². The SMILES string of the molecule is Cc1ccc(C(C)CNC(=O)C2CCCN2)cc1.Cl. The van der Waals surface area contributed by atoms with Gasteiger partial charge >= 0.3 is 0 Å². The average molecular weight is 283 g/mol. The van der Waals surface area contributed by atoms with Crippen LogP contribution in [0.3, 0.4) is 0 Å².